The lowest BCUT2D eigenvalue weighted by Gasteiger charge is -2.11. The van der Waals surface area contributed by atoms with E-state index in [0.717, 1.165) is 0 Å². The largest absolute Gasteiger partial charge is 0.488 e. The number of ether oxygens (including phenoxy) is 1. The van der Waals surface area contributed by atoms with Gasteiger partial charge in [-0.05, 0) is 25.1 Å². The third-order valence-electron chi connectivity index (χ3n) is 2.77. The van der Waals surface area contributed by atoms with Crippen LogP contribution in [0.2, 0.25) is 0 Å². The highest BCUT2D eigenvalue weighted by Gasteiger charge is 2.08. The van der Waals surface area contributed by atoms with E-state index in [0.29, 0.717) is 22.6 Å². The Morgan fingerprint density at radius 3 is 2.58 bits per heavy atom. The van der Waals surface area contributed by atoms with Crippen LogP contribution in [0.3, 0.4) is 0 Å². The number of rotatable bonds is 4. The molecule has 0 heterocycles. The summed E-state index contributed by atoms with van der Waals surface area (Å²) >= 11 is 0. The van der Waals surface area contributed by atoms with Crippen molar-refractivity contribution in [2.45, 2.75) is 13.5 Å². The molecule has 0 aliphatic rings. The van der Waals surface area contributed by atoms with E-state index < -0.39 is 0 Å². The van der Waals surface area contributed by atoms with Gasteiger partial charge < -0.3 is 9.94 Å². The van der Waals surface area contributed by atoms with E-state index in [1.54, 1.807) is 37.3 Å². The Morgan fingerprint density at radius 1 is 1.16 bits per heavy atom. The molecule has 0 atom stereocenters. The van der Waals surface area contributed by atoms with Gasteiger partial charge in [-0.2, -0.15) is 0 Å². The molecular weight excluding hydrogens is 245 g/mol. The standard InChI is InChI=1S/C15H14FNO2/c1-11(17-18)13-7-3-5-9-15(13)19-10-12-6-2-4-8-14(12)16/h2-9,18H,10H2,1H3/b17-11+. The van der Waals surface area contributed by atoms with Crippen molar-refractivity contribution in [1.29, 1.82) is 0 Å². The summed E-state index contributed by atoms with van der Waals surface area (Å²) in [4.78, 5) is 0. The van der Waals surface area contributed by atoms with Crippen molar-refractivity contribution < 1.29 is 14.3 Å². The lowest BCUT2D eigenvalue weighted by Crippen LogP contribution is -2.03. The summed E-state index contributed by atoms with van der Waals surface area (Å²) in [7, 11) is 0. The third-order valence-corrected chi connectivity index (χ3v) is 2.77. The zero-order chi connectivity index (χ0) is 13.7. The highest BCUT2D eigenvalue weighted by molar-refractivity contribution is 6.00. The normalized spacial score (nSPS) is 11.4. The summed E-state index contributed by atoms with van der Waals surface area (Å²) in [5, 5.41) is 12.0. The van der Waals surface area contributed by atoms with Gasteiger partial charge in [0.05, 0.1) is 5.71 Å². The van der Waals surface area contributed by atoms with Crippen molar-refractivity contribution >= 4 is 5.71 Å². The SMILES string of the molecule is C/C(=N\O)c1ccccc1OCc1ccccc1F. The second-order valence-corrected chi connectivity index (χ2v) is 4.06. The number of para-hydroxylation sites is 1. The van der Waals surface area contributed by atoms with Gasteiger partial charge in [0, 0.05) is 11.1 Å². The molecule has 4 heteroatoms. The van der Waals surface area contributed by atoms with Crippen LogP contribution in [0.15, 0.2) is 53.7 Å². The van der Waals surface area contributed by atoms with Crippen LogP contribution in [-0.4, -0.2) is 10.9 Å². The molecule has 3 nitrogen and oxygen atoms in total. The lowest BCUT2D eigenvalue weighted by atomic mass is 10.1. The van der Waals surface area contributed by atoms with Crippen molar-refractivity contribution in [3.63, 3.8) is 0 Å². The molecule has 0 bridgehead atoms. The molecule has 2 aromatic rings. The summed E-state index contributed by atoms with van der Waals surface area (Å²) < 4.78 is 19.1. The van der Waals surface area contributed by atoms with Crippen LogP contribution in [0.5, 0.6) is 5.75 Å². The Bertz CT molecular complexity index is 596. The van der Waals surface area contributed by atoms with Crippen LogP contribution >= 0.6 is 0 Å². The first-order valence-corrected chi connectivity index (χ1v) is 5.86. The number of hydrogen-bond donors (Lipinski definition) is 1. The zero-order valence-corrected chi connectivity index (χ0v) is 10.5. The van der Waals surface area contributed by atoms with E-state index in [1.807, 2.05) is 12.1 Å². The smallest absolute Gasteiger partial charge is 0.129 e. The Labute approximate surface area is 111 Å². The van der Waals surface area contributed by atoms with Gasteiger partial charge in [-0.3, -0.25) is 0 Å². The summed E-state index contributed by atoms with van der Waals surface area (Å²) in [5.41, 5.74) is 1.61. The van der Waals surface area contributed by atoms with Gasteiger partial charge in [0.1, 0.15) is 18.2 Å². The van der Waals surface area contributed by atoms with Crippen LogP contribution < -0.4 is 4.74 Å². The van der Waals surface area contributed by atoms with Crippen LogP contribution in [0.1, 0.15) is 18.1 Å². The molecular formula is C15H14FNO2. The third kappa shape index (κ3) is 3.10. The minimum absolute atomic E-state index is 0.127. The second kappa shape index (κ2) is 6.00. The number of oxime groups is 1. The molecule has 2 aromatic carbocycles. The van der Waals surface area contributed by atoms with Crippen LogP contribution in [-0.2, 0) is 6.61 Å². The van der Waals surface area contributed by atoms with Gasteiger partial charge >= 0.3 is 0 Å². The molecule has 0 fully saturated rings. The first-order valence-electron chi connectivity index (χ1n) is 5.86. The molecule has 19 heavy (non-hydrogen) atoms. The van der Waals surface area contributed by atoms with Crippen molar-refractivity contribution in [3.05, 3.63) is 65.5 Å². The molecule has 1 N–H and O–H groups in total. The fourth-order valence-corrected chi connectivity index (χ4v) is 1.72. The topological polar surface area (TPSA) is 41.8 Å². The average Bonchev–Trinajstić information content (AvgIpc) is 2.46. The fraction of sp³-hybridized carbons (Fsp3) is 0.133. The summed E-state index contributed by atoms with van der Waals surface area (Å²) in [6, 6.07) is 13.6. The van der Waals surface area contributed by atoms with Crippen LogP contribution in [0.25, 0.3) is 0 Å². The monoisotopic (exact) mass is 259 g/mol. The molecule has 0 radical (unpaired) electrons. The van der Waals surface area contributed by atoms with Crippen molar-refractivity contribution in [1.82, 2.24) is 0 Å². The Kier molecular flexibility index (Phi) is 4.13. The van der Waals surface area contributed by atoms with E-state index in [2.05, 4.69) is 5.16 Å². The summed E-state index contributed by atoms with van der Waals surface area (Å²) in [6.07, 6.45) is 0. The Balaban J connectivity index is 2.19. The van der Waals surface area contributed by atoms with Gasteiger partial charge in [-0.1, -0.05) is 35.5 Å². The van der Waals surface area contributed by atoms with Crippen molar-refractivity contribution in [2.75, 3.05) is 0 Å². The molecule has 0 unspecified atom stereocenters. The highest BCUT2D eigenvalue weighted by atomic mass is 19.1. The number of hydrogen-bond acceptors (Lipinski definition) is 3. The second-order valence-electron chi connectivity index (χ2n) is 4.06. The van der Waals surface area contributed by atoms with Gasteiger partial charge in [0.25, 0.3) is 0 Å². The molecule has 0 aliphatic heterocycles. The summed E-state index contributed by atoms with van der Waals surface area (Å²) in [5.74, 6) is 0.258. The molecule has 0 aromatic heterocycles. The minimum atomic E-state index is -0.299. The summed E-state index contributed by atoms with van der Waals surface area (Å²) in [6.45, 7) is 1.80. The molecule has 98 valence electrons. The van der Waals surface area contributed by atoms with E-state index in [1.165, 1.54) is 6.07 Å². The van der Waals surface area contributed by atoms with E-state index in [-0.39, 0.29) is 12.4 Å². The van der Waals surface area contributed by atoms with E-state index in [4.69, 9.17) is 9.94 Å². The van der Waals surface area contributed by atoms with Gasteiger partial charge in [-0.15, -0.1) is 0 Å². The van der Waals surface area contributed by atoms with Gasteiger partial charge in [0.2, 0.25) is 0 Å². The first-order chi connectivity index (χ1) is 9.22. The quantitative estimate of drug-likeness (QED) is 0.518. The Morgan fingerprint density at radius 2 is 1.84 bits per heavy atom. The molecule has 0 saturated carbocycles. The van der Waals surface area contributed by atoms with E-state index in [9.17, 15) is 4.39 Å². The zero-order valence-electron chi connectivity index (χ0n) is 10.5. The average molecular weight is 259 g/mol. The lowest BCUT2D eigenvalue weighted by molar-refractivity contribution is 0.297. The van der Waals surface area contributed by atoms with Crippen molar-refractivity contribution in [3.8, 4) is 5.75 Å². The predicted molar refractivity (Wildman–Crippen MR) is 71.2 cm³/mol. The van der Waals surface area contributed by atoms with Crippen LogP contribution in [0, 0.1) is 5.82 Å². The van der Waals surface area contributed by atoms with Crippen LogP contribution in [0.4, 0.5) is 4.39 Å². The van der Waals surface area contributed by atoms with Gasteiger partial charge in [-0.25, -0.2) is 4.39 Å². The predicted octanol–water partition coefficient (Wildman–Crippen LogP) is 3.60. The maximum Gasteiger partial charge on any atom is 0.129 e. The molecule has 2 rings (SSSR count). The molecule has 0 amide bonds. The van der Waals surface area contributed by atoms with Crippen molar-refractivity contribution in [2.24, 2.45) is 5.16 Å². The maximum atomic E-state index is 13.5. The Hall–Kier alpha value is -2.36. The molecule has 0 saturated heterocycles. The fourth-order valence-electron chi connectivity index (χ4n) is 1.72. The maximum absolute atomic E-state index is 13.5. The number of halogens is 1. The number of benzene rings is 2. The van der Waals surface area contributed by atoms with E-state index >= 15 is 0 Å². The molecule has 0 aliphatic carbocycles. The first kappa shape index (κ1) is 13.1. The number of nitrogens with zero attached hydrogens (tertiary/aromatic N) is 1. The molecule has 0 spiro atoms. The minimum Gasteiger partial charge on any atom is -0.488 e. The highest BCUT2D eigenvalue weighted by Crippen LogP contribution is 2.20. The van der Waals surface area contributed by atoms with Gasteiger partial charge in [0.15, 0.2) is 0 Å².